The van der Waals surface area contributed by atoms with E-state index in [0.29, 0.717) is 10.6 Å². The van der Waals surface area contributed by atoms with Crippen molar-refractivity contribution in [3.05, 3.63) is 33.8 Å². The Kier molecular flexibility index (Phi) is 4.24. The lowest BCUT2D eigenvalue weighted by Crippen LogP contribution is -2.50. The van der Waals surface area contributed by atoms with E-state index in [0.717, 1.165) is 4.90 Å². The Labute approximate surface area is 115 Å². The molecule has 0 unspecified atom stereocenters. The second-order valence-electron chi connectivity index (χ2n) is 4.36. The van der Waals surface area contributed by atoms with Crippen LogP contribution in [0.2, 0.25) is 10.0 Å². The molecule has 6 heteroatoms. The fourth-order valence-electron chi connectivity index (χ4n) is 1.22. The molecule has 0 fully saturated rings. The second kappa shape index (κ2) is 5.16. The van der Waals surface area contributed by atoms with Gasteiger partial charge in [-0.15, -0.1) is 0 Å². The predicted molar refractivity (Wildman–Crippen MR) is 70.3 cm³/mol. The van der Waals surface area contributed by atoms with E-state index in [2.05, 4.69) is 0 Å². The van der Waals surface area contributed by atoms with Gasteiger partial charge in [-0.3, -0.25) is 4.79 Å². The first-order valence-corrected chi connectivity index (χ1v) is 5.90. The van der Waals surface area contributed by atoms with Gasteiger partial charge in [-0.2, -0.15) is 0 Å². The number of aliphatic carboxylic acids is 1. The highest BCUT2D eigenvalue weighted by molar-refractivity contribution is 6.42. The van der Waals surface area contributed by atoms with Crippen molar-refractivity contribution in [1.82, 2.24) is 4.90 Å². The molecule has 1 amide bonds. The first kappa shape index (κ1) is 14.8. The summed E-state index contributed by atoms with van der Waals surface area (Å²) in [4.78, 5) is 24.3. The second-order valence-corrected chi connectivity index (χ2v) is 5.17. The van der Waals surface area contributed by atoms with Crippen LogP contribution < -0.4 is 0 Å². The number of halogens is 2. The van der Waals surface area contributed by atoms with E-state index in [-0.39, 0.29) is 5.02 Å². The SMILES string of the molecule is CN(C(=O)c1ccc(Cl)c(Cl)c1)C(C)(C)C(=O)O. The van der Waals surface area contributed by atoms with Crippen molar-refractivity contribution in [3.63, 3.8) is 0 Å². The summed E-state index contributed by atoms with van der Waals surface area (Å²) in [6.07, 6.45) is 0. The van der Waals surface area contributed by atoms with Gasteiger partial charge >= 0.3 is 5.97 Å². The van der Waals surface area contributed by atoms with Crippen LogP contribution in [0.4, 0.5) is 0 Å². The van der Waals surface area contributed by atoms with Crippen LogP contribution in [-0.2, 0) is 4.79 Å². The summed E-state index contributed by atoms with van der Waals surface area (Å²) in [6, 6.07) is 4.42. The Hall–Kier alpha value is -1.26. The molecule has 1 aromatic rings. The molecule has 1 N–H and O–H groups in total. The molecule has 98 valence electrons. The van der Waals surface area contributed by atoms with Gasteiger partial charge in [0.15, 0.2) is 0 Å². The minimum Gasteiger partial charge on any atom is -0.480 e. The van der Waals surface area contributed by atoms with Gasteiger partial charge in [-0.25, -0.2) is 4.79 Å². The summed E-state index contributed by atoms with van der Waals surface area (Å²) in [5, 5.41) is 9.66. The van der Waals surface area contributed by atoms with Gasteiger partial charge in [0.25, 0.3) is 5.91 Å². The first-order valence-electron chi connectivity index (χ1n) is 5.14. The van der Waals surface area contributed by atoms with Gasteiger partial charge in [0.05, 0.1) is 10.0 Å². The van der Waals surface area contributed by atoms with Gasteiger partial charge in [0, 0.05) is 12.6 Å². The van der Waals surface area contributed by atoms with Crippen LogP contribution in [-0.4, -0.2) is 34.5 Å². The van der Waals surface area contributed by atoms with E-state index in [1.165, 1.54) is 39.1 Å². The van der Waals surface area contributed by atoms with Crippen molar-refractivity contribution >= 4 is 35.1 Å². The third kappa shape index (κ3) is 2.76. The molecule has 0 aliphatic heterocycles. The number of amides is 1. The van der Waals surface area contributed by atoms with Crippen LogP contribution in [0.25, 0.3) is 0 Å². The Morgan fingerprint density at radius 2 is 1.78 bits per heavy atom. The fraction of sp³-hybridized carbons (Fsp3) is 0.333. The lowest BCUT2D eigenvalue weighted by atomic mass is 10.0. The van der Waals surface area contributed by atoms with Crippen LogP contribution in [0.5, 0.6) is 0 Å². The summed E-state index contributed by atoms with van der Waals surface area (Å²) in [7, 11) is 1.43. The molecule has 1 aromatic carbocycles. The molecule has 0 spiro atoms. The molecule has 0 bridgehead atoms. The number of nitrogens with zero attached hydrogens (tertiary/aromatic N) is 1. The Balaban J connectivity index is 3.07. The van der Waals surface area contributed by atoms with Crippen LogP contribution in [0.1, 0.15) is 24.2 Å². The molecule has 0 atom stereocenters. The molecule has 0 saturated carbocycles. The van der Waals surface area contributed by atoms with Crippen LogP contribution in [0, 0.1) is 0 Å². The van der Waals surface area contributed by atoms with E-state index >= 15 is 0 Å². The highest BCUT2D eigenvalue weighted by Gasteiger charge is 2.35. The Morgan fingerprint density at radius 1 is 1.22 bits per heavy atom. The zero-order chi connectivity index (χ0) is 14.1. The van der Waals surface area contributed by atoms with Gasteiger partial charge in [0.2, 0.25) is 0 Å². The third-order valence-electron chi connectivity index (χ3n) is 2.83. The topological polar surface area (TPSA) is 57.6 Å². The molecule has 0 radical (unpaired) electrons. The molecule has 4 nitrogen and oxygen atoms in total. The molecule has 0 aliphatic carbocycles. The maximum atomic E-state index is 12.1. The minimum atomic E-state index is -1.30. The average molecular weight is 290 g/mol. The van der Waals surface area contributed by atoms with Crippen molar-refractivity contribution < 1.29 is 14.7 Å². The van der Waals surface area contributed by atoms with Crippen molar-refractivity contribution in [2.24, 2.45) is 0 Å². The summed E-state index contributed by atoms with van der Waals surface area (Å²) in [6.45, 7) is 2.90. The van der Waals surface area contributed by atoms with Crippen molar-refractivity contribution in [2.75, 3.05) is 7.05 Å². The normalized spacial score (nSPS) is 11.2. The number of rotatable bonds is 3. The van der Waals surface area contributed by atoms with Crippen molar-refractivity contribution in [1.29, 1.82) is 0 Å². The van der Waals surface area contributed by atoms with E-state index in [9.17, 15) is 9.59 Å². The van der Waals surface area contributed by atoms with Gasteiger partial charge in [0.1, 0.15) is 5.54 Å². The largest absolute Gasteiger partial charge is 0.480 e. The number of carbonyl (C=O) groups is 2. The molecule has 0 aromatic heterocycles. The smallest absolute Gasteiger partial charge is 0.329 e. The van der Waals surface area contributed by atoms with Gasteiger partial charge in [-0.05, 0) is 32.0 Å². The number of benzene rings is 1. The number of likely N-dealkylation sites (N-methyl/N-ethyl adjacent to an activating group) is 1. The summed E-state index contributed by atoms with van der Waals surface area (Å²) >= 11 is 11.6. The third-order valence-corrected chi connectivity index (χ3v) is 3.57. The monoisotopic (exact) mass is 289 g/mol. The van der Waals surface area contributed by atoms with Gasteiger partial charge < -0.3 is 10.0 Å². The molecule has 0 saturated heterocycles. The number of carboxylic acids is 1. The number of hydrogen-bond donors (Lipinski definition) is 1. The molecular weight excluding hydrogens is 277 g/mol. The Morgan fingerprint density at radius 3 is 2.22 bits per heavy atom. The molecular formula is C12H13Cl2NO3. The zero-order valence-electron chi connectivity index (χ0n) is 10.2. The van der Waals surface area contributed by atoms with Crippen molar-refractivity contribution in [3.8, 4) is 0 Å². The van der Waals surface area contributed by atoms with E-state index in [4.69, 9.17) is 28.3 Å². The maximum absolute atomic E-state index is 12.1. The quantitative estimate of drug-likeness (QED) is 0.931. The Bertz CT molecular complexity index is 500. The van der Waals surface area contributed by atoms with Crippen LogP contribution in [0.3, 0.4) is 0 Å². The lowest BCUT2D eigenvalue weighted by molar-refractivity contribution is -0.147. The number of hydrogen-bond acceptors (Lipinski definition) is 2. The zero-order valence-corrected chi connectivity index (χ0v) is 11.7. The number of carbonyl (C=O) groups excluding carboxylic acids is 1. The van der Waals surface area contributed by atoms with E-state index in [1.807, 2.05) is 0 Å². The van der Waals surface area contributed by atoms with E-state index in [1.54, 1.807) is 0 Å². The fourth-order valence-corrected chi connectivity index (χ4v) is 1.52. The van der Waals surface area contributed by atoms with Gasteiger partial charge in [-0.1, -0.05) is 23.2 Å². The standard InChI is InChI=1S/C12H13Cl2NO3/c1-12(2,11(17)18)15(3)10(16)7-4-5-8(13)9(14)6-7/h4-6H,1-3H3,(H,17,18). The highest BCUT2D eigenvalue weighted by Crippen LogP contribution is 2.24. The first-order chi connectivity index (χ1) is 8.17. The summed E-state index contributed by atoms with van der Waals surface area (Å²) in [5.74, 6) is -1.51. The molecule has 0 aliphatic rings. The highest BCUT2D eigenvalue weighted by atomic mass is 35.5. The minimum absolute atomic E-state index is 0.254. The predicted octanol–water partition coefficient (Wildman–Crippen LogP) is 2.93. The summed E-state index contributed by atoms with van der Waals surface area (Å²) in [5.41, 5.74) is -1.01. The molecule has 0 heterocycles. The maximum Gasteiger partial charge on any atom is 0.329 e. The van der Waals surface area contributed by atoms with Crippen LogP contribution >= 0.6 is 23.2 Å². The lowest BCUT2D eigenvalue weighted by Gasteiger charge is -2.31. The average Bonchev–Trinajstić information content (AvgIpc) is 2.30. The van der Waals surface area contributed by atoms with Crippen LogP contribution in [0.15, 0.2) is 18.2 Å². The molecule has 1 rings (SSSR count). The summed E-state index contributed by atoms with van der Waals surface area (Å²) < 4.78 is 0. The number of carboxylic acid groups (broad SMARTS) is 1. The van der Waals surface area contributed by atoms with E-state index < -0.39 is 17.4 Å². The molecule has 18 heavy (non-hydrogen) atoms. The van der Waals surface area contributed by atoms with Crippen molar-refractivity contribution in [2.45, 2.75) is 19.4 Å².